The van der Waals surface area contributed by atoms with Gasteiger partial charge in [-0.05, 0) is 12.8 Å². The summed E-state index contributed by atoms with van der Waals surface area (Å²) in [5.74, 6) is -0.527. The highest BCUT2D eigenvalue weighted by atomic mass is 19.1. The fourth-order valence-corrected chi connectivity index (χ4v) is 2.70. The van der Waals surface area contributed by atoms with E-state index in [0.29, 0.717) is 23.0 Å². The number of nitrogens with one attached hydrogen (secondary N) is 1. The van der Waals surface area contributed by atoms with Gasteiger partial charge in [0.15, 0.2) is 23.1 Å². The van der Waals surface area contributed by atoms with Gasteiger partial charge in [-0.15, -0.1) is 0 Å². The number of imidazole rings is 1. The Morgan fingerprint density at radius 1 is 1.22 bits per heavy atom. The zero-order chi connectivity index (χ0) is 19.6. The van der Waals surface area contributed by atoms with Gasteiger partial charge in [0.05, 0.1) is 13.3 Å². The molecule has 1 saturated carbocycles. The second-order valence-corrected chi connectivity index (χ2v) is 6.39. The van der Waals surface area contributed by atoms with E-state index in [-0.39, 0.29) is 11.5 Å². The van der Waals surface area contributed by atoms with Gasteiger partial charge in [-0.2, -0.15) is 5.10 Å². The first-order chi connectivity index (χ1) is 13.0. The number of aromatic nitrogens is 4. The molecule has 0 amide bonds. The molecule has 4 rings (SSSR count). The van der Waals surface area contributed by atoms with Gasteiger partial charge in [-0.3, -0.25) is 0 Å². The molecule has 6 nitrogen and oxygen atoms in total. The molecular formula is C19H23F2N5O. The largest absolute Gasteiger partial charge is 0.495 e. The van der Waals surface area contributed by atoms with Crippen molar-refractivity contribution in [2.75, 3.05) is 19.5 Å². The summed E-state index contributed by atoms with van der Waals surface area (Å²) in [5.41, 5.74) is 1.69. The molecule has 0 atom stereocenters. The molecule has 0 spiro atoms. The topological polar surface area (TPSA) is 64.3 Å². The van der Waals surface area contributed by atoms with Crippen LogP contribution in [0, 0.1) is 11.6 Å². The Morgan fingerprint density at radius 2 is 1.93 bits per heavy atom. The fourth-order valence-electron chi connectivity index (χ4n) is 2.70. The van der Waals surface area contributed by atoms with Crippen LogP contribution in [0.5, 0.6) is 5.75 Å². The van der Waals surface area contributed by atoms with Crippen molar-refractivity contribution in [2.45, 2.75) is 39.0 Å². The Bertz CT molecular complexity index is 953. The van der Waals surface area contributed by atoms with Crippen molar-refractivity contribution in [1.82, 2.24) is 19.6 Å². The minimum absolute atomic E-state index is 0.00679. The number of hydrogen-bond acceptors (Lipinski definition) is 5. The van der Waals surface area contributed by atoms with E-state index >= 15 is 0 Å². The molecule has 27 heavy (non-hydrogen) atoms. The second kappa shape index (κ2) is 7.85. The molecule has 144 valence electrons. The SMILES string of the molecule is CCC.CNc1nc(-c2cnc3cc(OC)c(C4CC4)nn23)c(F)cc1F. The van der Waals surface area contributed by atoms with Gasteiger partial charge < -0.3 is 10.1 Å². The van der Waals surface area contributed by atoms with Crippen LogP contribution in [0.3, 0.4) is 0 Å². The summed E-state index contributed by atoms with van der Waals surface area (Å²) in [4.78, 5) is 8.27. The highest BCUT2D eigenvalue weighted by Gasteiger charge is 2.30. The van der Waals surface area contributed by atoms with Crippen LogP contribution in [0.15, 0.2) is 18.3 Å². The summed E-state index contributed by atoms with van der Waals surface area (Å²) < 4.78 is 34.8. The van der Waals surface area contributed by atoms with Crippen molar-refractivity contribution >= 4 is 11.5 Å². The predicted molar refractivity (Wildman–Crippen MR) is 100 cm³/mol. The standard InChI is InChI=1S/C16H15F2N5O.C3H8/c1-19-16-10(18)5-9(17)15(21-16)11-7-20-13-6-12(24-2)14(8-3-4-8)22-23(11)13;1-3-2/h5-8H,3-4H2,1-2H3,(H,19,21);3H2,1-2H3. The maximum atomic E-state index is 14.3. The number of methoxy groups -OCH3 is 1. The predicted octanol–water partition coefficient (Wildman–Crippen LogP) is 4.41. The maximum absolute atomic E-state index is 14.3. The van der Waals surface area contributed by atoms with Crippen LogP contribution in [-0.4, -0.2) is 33.7 Å². The lowest BCUT2D eigenvalue weighted by molar-refractivity contribution is 0.405. The Hall–Kier alpha value is -2.77. The summed E-state index contributed by atoms with van der Waals surface area (Å²) >= 11 is 0. The lowest BCUT2D eigenvalue weighted by atomic mass is 10.2. The third-order valence-electron chi connectivity index (χ3n) is 4.08. The molecule has 8 heteroatoms. The molecular weight excluding hydrogens is 352 g/mol. The summed E-state index contributed by atoms with van der Waals surface area (Å²) in [5, 5.41) is 7.18. The molecule has 1 aliphatic carbocycles. The van der Waals surface area contributed by atoms with Crippen LogP contribution < -0.4 is 10.1 Å². The van der Waals surface area contributed by atoms with Crippen molar-refractivity contribution in [3.8, 4) is 17.1 Å². The van der Waals surface area contributed by atoms with Crippen LogP contribution in [0.2, 0.25) is 0 Å². The molecule has 3 aromatic rings. The van der Waals surface area contributed by atoms with E-state index in [0.717, 1.165) is 24.6 Å². The molecule has 0 aliphatic heterocycles. The van der Waals surface area contributed by atoms with E-state index in [1.807, 2.05) is 0 Å². The average Bonchev–Trinajstić information content (AvgIpc) is 3.42. The number of hydrogen-bond donors (Lipinski definition) is 1. The molecule has 0 aromatic carbocycles. The molecule has 3 aromatic heterocycles. The average molecular weight is 375 g/mol. The molecule has 0 unspecified atom stereocenters. The summed E-state index contributed by atoms with van der Waals surface area (Å²) in [7, 11) is 3.11. The van der Waals surface area contributed by atoms with Gasteiger partial charge in [0, 0.05) is 25.1 Å². The van der Waals surface area contributed by atoms with Gasteiger partial charge in [0.2, 0.25) is 0 Å². The summed E-state index contributed by atoms with van der Waals surface area (Å²) in [6.07, 6.45) is 4.82. The molecule has 3 heterocycles. The smallest absolute Gasteiger partial charge is 0.168 e. The number of ether oxygens (including phenoxy) is 1. The number of nitrogens with zero attached hydrogens (tertiary/aromatic N) is 4. The van der Waals surface area contributed by atoms with Crippen molar-refractivity contribution in [3.05, 3.63) is 35.7 Å². The monoisotopic (exact) mass is 375 g/mol. The Balaban J connectivity index is 0.000000659. The van der Waals surface area contributed by atoms with Crippen LogP contribution in [-0.2, 0) is 0 Å². The summed E-state index contributed by atoms with van der Waals surface area (Å²) in [6, 6.07) is 2.57. The van der Waals surface area contributed by atoms with E-state index in [9.17, 15) is 8.78 Å². The van der Waals surface area contributed by atoms with E-state index in [2.05, 4.69) is 34.2 Å². The van der Waals surface area contributed by atoms with Crippen molar-refractivity contribution in [3.63, 3.8) is 0 Å². The third-order valence-corrected chi connectivity index (χ3v) is 4.08. The molecule has 1 aliphatic rings. The normalized spacial score (nSPS) is 13.3. The number of pyridine rings is 1. The number of anilines is 1. The first-order valence-corrected chi connectivity index (χ1v) is 9.00. The molecule has 0 bridgehead atoms. The van der Waals surface area contributed by atoms with Gasteiger partial charge in [0.25, 0.3) is 0 Å². The minimum atomic E-state index is -0.765. The number of rotatable bonds is 4. The lowest BCUT2D eigenvalue weighted by Crippen LogP contribution is -2.05. The molecule has 1 N–H and O–H groups in total. The minimum Gasteiger partial charge on any atom is -0.495 e. The van der Waals surface area contributed by atoms with Crippen LogP contribution in [0.1, 0.15) is 44.7 Å². The quantitative estimate of drug-likeness (QED) is 0.732. The van der Waals surface area contributed by atoms with Crippen molar-refractivity contribution in [2.24, 2.45) is 0 Å². The van der Waals surface area contributed by atoms with Crippen LogP contribution >= 0.6 is 0 Å². The summed E-state index contributed by atoms with van der Waals surface area (Å²) in [6.45, 7) is 4.25. The Morgan fingerprint density at radius 3 is 2.52 bits per heavy atom. The molecule has 0 saturated heterocycles. The second-order valence-electron chi connectivity index (χ2n) is 6.39. The Kier molecular flexibility index (Phi) is 5.53. The van der Waals surface area contributed by atoms with Gasteiger partial charge >= 0.3 is 0 Å². The Labute approximate surface area is 156 Å². The van der Waals surface area contributed by atoms with E-state index in [4.69, 9.17) is 4.74 Å². The first-order valence-electron chi connectivity index (χ1n) is 9.00. The van der Waals surface area contributed by atoms with Crippen LogP contribution in [0.4, 0.5) is 14.6 Å². The van der Waals surface area contributed by atoms with Gasteiger partial charge in [-0.25, -0.2) is 23.3 Å². The highest BCUT2D eigenvalue weighted by Crippen LogP contribution is 2.43. The van der Waals surface area contributed by atoms with Crippen LogP contribution in [0.25, 0.3) is 17.0 Å². The van der Waals surface area contributed by atoms with E-state index < -0.39 is 11.6 Å². The van der Waals surface area contributed by atoms with E-state index in [1.54, 1.807) is 13.2 Å². The lowest BCUT2D eigenvalue weighted by Gasteiger charge is -2.09. The van der Waals surface area contributed by atoms with Gasteiger partial charge in [-0.1, -0.05) is 20.3 Å². The zero-order valence-corrected chi connectivity index (χ0v) is 15.9. The first kappa shape index (κ1) is 19.0. The molecule has 1 fully saturated rings. The number of halogens is 2. The fraction of sp³-hybridized carbons (Fsp3) is 0.421. The van der Waals surface area contributed by atoms with E-state index in [1.165, 1.54) is 24.2 Å². The van der Waals surface area contributed by atoms with Gasteiger partial charge in [0.1, 0.15) is 22.8 Å². The molecule has 0 radical (unpaired) electrons. The number of fused-ring (bicyclic) bond motifs is 1. The highest BCUT2D eigenvalue weighted by molar-refractivity contribution is 5.63. The van der Waals surface area contributed by atoms with Crippen molar-refractivity contribution in [1.29, 1.82) is 0 Å². The van der Waals surface area contributed by atoms with Crippen molar-refractivity contribution < 1.29 is 13.5 Å². The maximum Gasteiger partial charge on any atom is 0.168 e. The zero-order valence-electron chi connectivity index (χ0n) is 15.9. The third kappa shape index (κ3) is 3.70.